The van der Waals surface area contributed by atoms with Gasteiger partial charge in [-0.2, -0.15) is 10.2 Å². The second-order valence-electron chi connectivity index (χ2n) is 6.49. The number of hydrogen-bond acceptors (Lipinski definition) is 5. The van der Waals surface area contributed by atoms with Crippen LogP contribution < -0.4 is 5.32 Å². The standard InChI is InChI=1S/C18H18Cl2N6O3/c1-10-17(26(28)29)11(2)25(22-10)12(3)18(27)21-16-7-8-24(23-16)9-13-14(19)5-4-6-15(13)20/h4-8,12H,9H2,1-3H3,(H,21,23,27). The monoisotopic (exact) mass is 436 g/mol. The summed E-state index contributed by atoms with van der Waals surface area (Å²) in [5.74, 6) is -0.0624. The molecule has 2 aromatic heterocycles. The van der Waals surface area contributed by atoms with E-state index in [-0.39, 0.29) is 11.4 Å². The number of aromatic nitrogens is 4. The Bertz CT molecular complexity index is 1070. The highest BCUT2D eigenvalue weighted by Crippen LogP contribution is 2.26. The fourth-order valence-corrected chi connectivity index (χ4v) is 3.52. The van der Waals surface area contributed by atoms with Crippen LogP contribution in [0.1, 0.15) is 29.9 Å². The van der Waals surface area contributed by atoms with Gasteiger partial charge in [0.15, 0.2) is 5.82 Å². The molecule has 11 heteroatoms. The summed E-state index contributed by atoms with van der Waals surface area (Å²) in [6, 6.07) is 6.12. The minimum absolute atomic E-state index is 0.0921. The molecule has 0 bridgehead atoms. The van der Waals surface area contributed by atoms with Crippen LogP contribution in [0.3, 0.4) is 0 Å². The van der Waals surface area contributed by atoms with Crippen molar-refractivity contribution >= 4 is 40.6 Å². The Morgan fingerprint density at radius 3 is 2.48 bits per heavy atom. The van der Waals surface area contributed by atoms with Gasteiger partial charge in [-0.1, -0.05) is 29.3 Å². The fourth-order valence-electron chi connectivity index (χ4n) is 3.00. The number of anilines is 1. The number of hydrogen-bond donors (Lipinski definition) is 1. The molecule has 9 nitrogen and oxygen atoms in total. The maximum absolute atomic E-state index is 12.6. The molecule has 1 amide bonds. The van der Waals surface area contributed by atoms with E-state index in [9.17, 15) is 14.9 Å². The molecule has 1 aromatic carbocycles. The maximum atomic E-state index is 12.6. The minimum Gasteiger partial charge on any atom is -0.307 e. The van der Waals surface area contributed by atoms with Crippen LogP contribution in [0.4, 0.5) is 11.5 Å². The predicted molar refractivity (Wildman–Crippen MR) is 109 cm³/mol. The molecular weight excluding hydrogens is 419 g/mol. The smallest absolute Gasteiger partial charge is 0.307 e. The average molecular weight is 437 g/mol. The molecule has 3 aromatic rings. The second kappa shape index (κ2) is 8.22. The van der Waals surface area contributed by atoms with Gasteiger partial charge in [0.2, 0.25) is 5.91 Å². The Hall–Kier alpha value is -2.91. The number of rotatable bonds is 6. The lowest BCUT2D eigenvalue weighted by molar-refractivity contribution is -0.386. The number of aryl methyl sites for hydroxylation is 1. The van der Waals surface area contributed by atoms with Gasteiger partial charge in [-0.3, -0.25) is 24.3 Å². The van der Waals surface area contributed by atoms with Gasteiger partial charge in [0.25, 0.3) is 0 Å². The summed E-state index contributed by atoms with van der Waals surface area (Å²) in [6.45, 7) is 5.05. The summed E-state index contributed by atoms with van der Waals surface area (Å²) in [7, 11) is 0. The SMILES string of the molecule is Cc1nn(C(C)C(=O)Nc2ccn(Cc3c(Cl)cccc3Cl)n2)c(C)c1[N+](=O)[O-]. The summed E-state index contributed by atoms with van der Waals surface area (Å²) >= 11 is 12.4. The van der Waals surface area contributed by atoms with Gasteiger partial charge in [-0.15, -0.1) is 0 Å². The highest BCUT2D eigenvalue weighted by molar-refractivity contribution is 6.35. The van der Waals surface area contributed by atoms with Crippen molar-refractivity contribution in [1.82, 2.24) is 19.6 Å². The number of nitro groups is 1. The number of carbonyl (C=O) groups is 1. The van der Waals surface area contributed by atoms with Crippen LogP contribution in [-0.4, -0.2) is 30.4 Å². The third-order valence-electron chi connectivity index (χ3n) is 4.49. The van der Waals surface area contributed by atoms with Crippen molar-refractivity contribution in [2.24, 2.45) is 0 Å². The van der Waals surface area contributed by atoms with Crippen LogP contribution in [0.2, 0.25) is 10.0 Å². The number of nitrogens with one attached hydrogen (secondary N) is 1. The highest BCUT2D eigenvalue weighted by atomic mass is 35.5. The van der Waals surface area contributed by atoms with E-state index in [1.54, 1.807) is 49.0 Å². The molecule has 0 saturated heterocycles. The van der Waals surface area contributed by atoms with Crippen LogP contribution in [0.15, 0.2) is 30.5 Å². The van der Waals surface area contributed by atoms with Crippen molar-refractivity contribution in [2.75, 3.05) is 5.32 Å². The molecule has 0 fully saturated rings. The Morgan fingerprint density at radius 2 is 1.90 bits per heavy atom. The Balaban J connectivity index is 1.74. The minimum atomic E-state index is -0.759. The second-order valence-corrected chi connectivity index (χ2v) is 7.30. The van der Waals surface area contributed by atoms with Gasteiger partial charge < -0.3 is 5.32 Å². The van der Waals surface area contributed by atoms with Crippen LogP contribution in [0.5, 0.6) is 0 Å². The highest BCUT2D eigenvalue weighted by Gasteiger charge is 2.27. The lowest BCUT2D eigenvalue weighted by Crippen LogP contribution is -2.25. The normalized spacial score (nSPS) is 12.0. The summed E-state index contributed by atoms with van der Waals surface area (Å²) < 4.78 is 2.94. The number of nitrogens with zero attached hydrogens (tertiary/aromatic N) is 5. The third-order valence-corrected chi connectivity index (χ3v) is 5.20. The van der Waals surface area contributed by atoms with E-state index >= 15 is 0 Å². The first-order valence-electron chi connectivity index (χ1n) is 8.66. The Kier molecular flexibility index (Phi) is 5.90. The first-order valence-corrected chi connectivity index (χ1v) is 9.42. The first kappa shape index (κ1) is 20.8. The van der Waals surface area contributed by atoms with E-state index in [2.05, 4.69) is 15.5 Å². The molecule has 0 aliphatic heterocycles. The zero-order chi connectivity index (χ0) is 21.3. The molecule has 0 aliphatic carbocycles. The molecular formula is C18H18Cl2N6O3. The number of halogens is 2. The van der Waals surface area contributed by atoms with Gasteiger partial charge in [-0.05, 0) is 32.9 Å². The van der Waals surface area contributed by atoms with E-state index in [4.69, 9.17) is 23.2 Å². The number of carbonyl (C=O) groups excluding carboxylic acids is 1. The fraction of sp³-hybridized carbons (Fsp3) is 0.278. The van der Waals surface area contributed by atoms with Crippen molar-refractivity contribution < 1.29 is 9.72 Å². The molecule has 3 rings (SSSR count). The van der Waals surface area contributed by atoms with Crippen LogP contribution in [0.25, 0.3) is 0 Å². The summed E-state index contributed by atoms with van der Waals surface area (Å²) in [5, 5.41) is 23.3. The molecule has 152 valence electrons. The van der Waals surface area contributed by atoms with E-state index in [0.717, 1.165) is 5.56 Å². The topological polar surface area (TPSA) is 108 Å². The third kappa shape index (κ3) is 4.25. The van der Waals surface area contributed by atoms with Crippen molar-refractivity contribution in [3.8, 4) is 0 Å². The van der Waals surface area contributed by atoms with E-state index in [1.807, 2.05) is 0 Å². The van der Waals surface area contributed by atoms with Crippen LogP contribution >= 0.6 is 23.2 Å². The van der Waals surface area contributed by atoms with Crippen molar-refractivity contribution in [3.05, 3.63) is 67.6 Å². The van der Waals surface area contributed by atoms with Crippen molar-refractivity contribution in [1.29, 1.82) is 0 Å². The molecule has 0 radical (unpaired) electrons. The van der Waals surface area contributed by atoms with E-state index < -0.39 is 16.9 Å². The molecule has 0 spiro atoms. The molecule has 1 unspecified atom stereocenters. The van der Waals surface area contributed by atoms with Gasteiger partial charge in [0.1, 0.15) is 17.4 Å². The molecule has 1 atom stereocenters. The summed E-state index contributed by atoms with van der Waals surface area (Å²) in [5.41, 5.74) is 1.20. The maximum Gasteiger partial charge on any atom is 0.312 e. The Morgan fingerprint density at radius 1 is 1.24 bits per heavy atom. The number of amides is 1. The summed E-state index contributed by atoms with van der Waals surface area (Å²) in [4.78, 5) is 23.3. The van der Waals surface area contributed by atoms with E-state index in [1.165, 1.54) is 11.6 Å². The molecule has 1 N–H and O–H groups in total. The predicted octanol–water partition coefficient (Wildman–Crippen LogP) is 4.16. The zero-order valence-corrected chi connectivity index (χ0v) is 17.4. The van der Waals surface area contributed by atoms with Crippen molar-refractivity contribution in [3.63, 3.8) is 0 Å². The molecule has 0 saturated carbocycles. The average Bonchev–Trinajstić information content (AvgIpc) is 3.21. The number of benzene rings is 1. The molecule has 29 heavy (non-hydrogen) atoms. The molecule has 2 heterocycles. The lowest BCUT2D eigenvalue weighted by Gasteiger charge is -2.13. The van der Waals surface area contributed by atoms with Gasteiger partial charge in [0.05, 0.1) is 11.5 Å². The zero-order valence-electron chi connectivity index (χ0n) is 15.9. The summed E-state index contributed by atoms with van der Waals surface area (Å²) in [6.07, 6.45) is 1.69. The quantitative estimate of drug-likeness (QED) is 0.460. The lowest BCUT2D eigenvalue weighted by atomic mass is 10.2. The molecule has 0 aliphatic rings. The van der Waals surface area contributed by atoms with Crippen LogP contribution in [0, 0.1) is 24.0 Å². The van der Waals surface area contributed by atoms with Gasteiger partial charge >= 0.3 is 5.69 Å². The van der Waals surface area contributed by atoms with Gasteiger partial charge in [-0.25, -0.2) is 0 Å². The van der Waals surface area contributed by atoms with Gasteiger partial charge in [0, 0.05) is 27.9 Å². The van der Waals surface area contributed by atoms with E-state index in [0.29, 0.717) is 28.1 Å². The largest absolute Gasteiger partial charge is 0.312 e. The van der Waals surface area contributed by atoms with Crippen LogP contribution in [-0.2, 0) is 11.3 Å². The Labute approximate surface area is 176 Å². The van der Waals surface area contributed by atoms with Crippen molar-refractivity contribution in [2.45, 2.75) is 33.4 Å². The first-order chi connectivity index (χ1) is 13.7.